The molecule has 1 fully saturated rings. The van der Waals surface area contributed by atoms with Crippen molar-refractivity contribution < 1.29 is 9.21 Å². The largest absolute Gasteiger partial charge is 0.461 e. The molecule has 2 aromatic heterocycles. The Kier molecular flexibility index (Phi) is 5.05. The van der Waals surface area contributed by atoms with Crippen molar-refractivity contribution in [2.45, 2.75) is 43.8 Å². The lowest BCUT2D eigenvalue weighted by Crippen LogP contribution is -2.44. The summed E-state index contributed by atoms with van der Waals surface area (Å²) in [5, 5.41) is 9.06. The molecule has 7 heteroatoms. The first kappa shape index (κ1) is 16.1. The summed E-state index contributed by atoms with van der Waals surface area (Å²) in [5.41, 5.74) is 0. The molecule has 1 unspecified atom stereocenters. The number of piperidine rings is 1. The molecule has 0 bridgehead atoms. The van der Waals surface area contributed by atoms with Crippen LogP contribution in [0.4, 0.5) is 0 Å². The molecule has 6 nitrogen and oxygen atoms in total. The van der Waals surface area contributed by atoms with Crippen molar-refractivity contribution in [1.29, 1.82) is 0 Å². The second-order valence-corrected chi connectivity index (χ2v) is 6.72. The van der Waals surface area contributed by atoms with E-state index in [4.69, 9.17) is 4.42 Å². The highest BCUT2D eigenvalue weighted by Gasteiger charge is 2.25. The molecule has 1 saturated heterocycles. The molecule has 0 radical (unpaired) electrons. The molecule has 0 aliphatic carbocycles. The number of thioether (sulfide) groups is 1. The van der Waals surface area contributed by atoms with Gasteiger partial charge in [-0.1, -0.05) is 18.7 Å². The molecule has 0 N–H and O–H groups in total. The van der Waals surface area contributed by atoms with Crippen molar-refractivity contribution in [2.75, 3.05) is 12.3 Å². The number of rotatable bonds is 5. The van der Waals surface area contributed by atoms with Gasteiger partial charge in [-0.3, -0.25) is 4.79 Å². The molecular weight excluding hydrogens is 312 g/mol. The lowest BCUT2D eigenvalue weighted by Gasteiger charge is -2.35. The molecule has 3 rings (SSSR count). The number of hydrogen-bond donors (Lipinski definition) is 0. The quantitative estimate of drug-likeness (QED) is 0.787. The molecule has 1 aliphatic heterocycles. The van der Waals surface area contributed by atoms with Crippen molar-refractivity contribution in [3.63, 3.8) is 0 Å². The topological polar surface area (TPSA) is 64.2 Å². The summed E-state index contributed by atoms with van der Waals surface area (Å²) in [7, 11) is 1.89. The third kappa shape index (κ3) is 3.44. The van der Waals surface area contributed by atoms with Gasteiger partial charge in [-0.25, -0.2) is 0 Å². The lowest BCUT2D eigenvalue weighted by molar-refractivity contribution is -0.132. The van der Waals surface area contributed by atoms with Gasteiger partial charge in [0, 0.05) is 19.6 Å². The minimum Gasteiger partial charge on any atom is -0.461 e. The number of aromatic nitrogens is 3. The smallest absolute Gasteiger partial charge is 0.233 e. The Bertz CT molecular complexity index is 653. The summed E-state index contributed by atoms with van der Waals surface area (Å²) in [6.07, 6.45) is 6.11. The zero-order valence-corrected chi connectivity index (χ0v) is 14.4. The van der Waals surface area contributed by atoms with E-state index in [9.17, 15) is 4.79 Å². The summed E-state index contributed by atoms with van der Waals surface area (Å²) < 4.78 is 7.22. The zero-order valence-electron chi connectivity index (χ0n) is 13.6. The van der Waals surface area contributed by atoms with Crippen LogP contribution in [0.15, 0.2) is 28.0 Å². The predicted molar refractivity (Wildman–Crippen MR) is 89.1 cm³/mol. The normalized spacial score (nSPS) is 18.3. The SMILES string of the molecule is CCC1CCCCN1C(=O)CSc1nnc(-c2ccco2)n1C. The average molecular weight is 334 g/mol. The van der Waals surface area contributed by atoms with E-state index in [1.165, 1.54) is 18.2 Å². The van der Waals surface area contributed by atoms with Crippen LogP contribution in [0.3, 0.4) is 0 Å². The van der Waals surface area contributed by atoms with Crippen LogP contribution < -0.4 is 0 Å². The third-order valence-corrected chi connectivity index (χ3v) is 5.32. The molecule has 2 aromatic rings. The maximum Gasteiger partial charge on any atom is 0.233 e. The molecule has 23 heavy (non-hydrogen) atoms. The van der Waals surface area contributed by atoms with Gasteiger partial charge in [0.05, 0.1) is 12.0 Å². The fraction of sp³-hybridized carbons (Fsp3) is 0.562. The molecule has 1 atom stereocenters. The summed E-state index contributed by atoms with van der Waals surface area (Å²) in [6, 6.07) is 4.07. The van der Waals surface area contributed by atoms with Crippen molar-refractivity contribution >= 4 is 17.7 Å². The van der Waals surface area contributed by atoms with Crippen LogP contribution in [-0.4, -0.2) is 43.9 Å². The number of amides is 1. The maximum atomic E-state index is 12.5. The van der Waals surface area contributed by atoms with Crippen LogP contribution in [0.1, 0.15) is 32.6 Å². The molecule has 1 amide bonds. The summed E-state index contributed by atoms with van der Waals surface area (Å²) >= 11 is 1.44. The van der Waals surface area contributed by atoms with Gasteiger partial charge in [0.1, 0.15) is 0 Å². The number of hydrogen-bond acceptors (Lipinski definition) is 5. The first-order valence-corrected chi connectivity index (χ1v) is 9.04. The Morgan fingerprint density at radius 3 is 3.04 bits per heavy atom. The number of furan rings is 1. The van der Waals surface area contributed by atoms with Gasteiger partial charge in [-0.15, -0.1) is 10.2 Å². The van der Waals surface area contributed by atoms with Crippen LogP contribution in [0.5, 0.6) is 0 Å². The number of likely N-dealkylation sites (tertiary alicyclic amines) is 1. The molecule has 0 aromatic carbocycles. The van der Waals surface area contributed by atoms with E-state index in [1.807, 2.05) is 28.6 Å². The second-order valence-electron chi connectivity index (χ2n) is 5.78. The molecule has 124 valence electrons. The third-order valence-electron chi connectivity index (χ3n) is 4.32. The first-order valence-electron chi connectivity index (χ1n) is 8.06. The Morgan fingerprint density at radius 2 is 2.30 bits per heavy atom. The van der Waals surface area contributed by atoms with Gasteiger partial charge >= 0.3 is 0 Å². The highest BCUT2D eigenvalue weighted by Crippen LogP contribution is 2.25. The second kappa shape index (κ2) is 7.21. The van der Waals surface area contributed by atoms with Crippen LogP contribution in [-0.2, 0) is 11.8 Å². The van der Waals surface area contributed by atoms with E-state index in [-0.39, 0.29) is 5.91 Å². The number of nitrogens with zero attached hydrogens (tertiary/aromatic N) is 4. The molecule has 3 heterocycles. The van der Waals surface area contributed by atoms with E-state index < -0.39 is 0 Å². The summed E-state index contributed by atoms with van der Waals surface area (Å²) in [6.45, 7) is 3.04. The first-order chi connectivity index (χ1) is 11.2. The lowest BCUT2D eigenvalue weighted by atomic mass is 10.0. The highest BCUT2D eigenvalue weighted by molar-refractivity contribution is 7.99. The highest BCUT2D eigenvalue weighted by atomic mass is 32.2. The van der Waals surface area contributed by atoms with Gasteiger partial charge in [-0.2, -0.15) is 0 Å². The Hall–Kier alpha value is -1.76. The standard InChI is InChI=1S/C16H22N4O2S/c1-3-12-7-4-5-9-20(12)14(21)11-23-16-18-17-15(19(16)2)13-8-6-10-22-13/h6,8,10,12H,3-5,7,9,11H2,1-2H3. The summed E-state index contributed by atoms with van der Waals surface area (Å²) in [4.78, 5) is 14.6. The molecule has 0 saturated carbocycles. The van der Waals surface area contributed by atoms with E-state index in [0.29, 0.717) is 23.4 Å². The minimum absolute atomic E-state index is 0.198. The summed E-state index contributed by atoms with van der Waals surface area (Å²) in [5.74, 6) is 1.96. The van der Waals surface area contributed by atoms with Gasteiger partial charge in [0.15, 0.2) is 16.7 Å². The molecule has 1 aliphatic rings. The predicted octanol–water partition coefficient (Wildman–Crippen LogP) is 2.96. The van der Waals surface area contributed by atoms with Gasteiger partial charge < -0.3 is 13.9 Å². The fourth-order valence-corrected chi connectivity index (χ4v) is 3.82. The van der Waals surface area contributed by atoms with Crippen LogP contribution in [0.25, 0.3) is 11.6 Å². The van der Waals surface area contributed by atoms with Gasteiger partial charge in [0.25, 0.3) is 0 Å². The van der Waals surface area contributed by atoms with Crippen molar-refractivity contribution in [3.8, 4) is 11.6 Å². The van der Waals surface area contributed by atoms with Gasteiger partial charge in [-0.05, 0) is 37.8 Å². The number of carbonyl (C=O) groups is 1. The Morgan fingerprint density at radius 1 is 1.43 bits per heavy atom. The Labute approximate surface area is 140 Å². The molecular formula is C16H22N4O2S. The van der Waals surface area contributed by atoms with E-state index in [2.05, 4.69) is 17.1 Å². The van der Waals surface area contributed by atoms with E-state index in [0.717, 1.165) is 31.0 Å². The average Bonchev–Trinajstić information content (AvgIpc) is 3.22. The van der Waals surface area contributed by atoms with Crippen LogP contribution in [0.2, 0.25) is 0 Å². The van der Waals surface area contributed by atoms with Crippen LogP contribution >= 0.6 is 11.8 Å². The van der Waals surface area contributed by atoms with Gasteiger partial charge in [0.2, 0.25) is 5.91 Å². The van der Waals surface area contributed by atoms with Crippen molar-refractivity contribution in [1.82, 2.24) is 19.7 Å². The maximum absolute atomic E-state index is 12.5. The van der Waals surface area contributed by atoms with Crippen molar-refractivity contribution in [3.05, 3.63) is 18.4 Å². The van der Waals surface area contributed by atoms with E-state index in [1.54, 1.807) is 6.26 Å². The van der Waals surface area contributed by atoms with E-state index >= 15 is 0 Å². The fourth-order valence-electron chi connectivity index (χ4n) is 3.02. The molecule has 0 spiro atoms. The Balaban J connectivity index is 1.63. The minimum atomic E-state index is 0.198. The van der Waals surface area contributed by atoms with Crippen molar-refractivity contribution in [2.24, 2.45) is 7.05 Å². The zero-order chi connectivity index (χ0) is 16.2. The number of carbonyl (C=O) groups excluding carboxylic acids is 1. The monoisotopic (exact) mass is 334 g/mol. The van der Waals surface area contributed by atoms with Crippen LogP contribution in [0, 0.1) is 0 Å².